The lowest BCUT2D eigenvalue weighted by atomic mass is 9.81. The van der Waals surface area contributed by atoms with Gasteiger partial charge < -0.3 is 15.0 Å². The van der Waals surface area contributed by atoms with Crippen molar-refractivity contribution in [3.05, 3.63) is 71.3 Å². The maximum absolute atomic E-state index is 12.9. The van der Waals surface area contributed by atoms with Gasteiger partial charge in [-0.25, -0.2) is 4.79 Å². The number of nitrogens with zero attached hydrogens (tertiary/aromatic N) is 1. The predicted octanol–water partition coefficient (Wildman–Crippen LogP) is 4.49. The van der Waals surface area contributed by atoms with Crippen molar-refractivity contribution in [2.75, 3.05) is 26.3 Å². The van der Waals surface area contributed by atoms with Crippen LogP contribution in [-0.4, -0.2) is 49.1 Å². The standard InChI is InChI=1S/C24H25F3N2O3/c25-24(26,27)20-8-6-17(7-9-20)19-10-16(11-22(30)18-4-2-1-3-5-18)12-29(13-19)23(31)28-21-14-32-15-21/h1-9,16,19,21H,10-15H2,(H,28,31). The van der Waals surface area contributed by atoms with Crippen molar-refractivity contribution in [1.82, 2.24) is 10.2 Å². The zero-order valence-electron chi connectivity index (χ0n) is 17.5. The van der Waals surface area contributed by atoms with Crippen molar-refractivity contribution >= 4 is 11.8 Å². The van der Waals surface area contributed by atoms with Crippen molar-refractivity contribution in [2.45, 2.75) is 31.0 Å². The molecule has 2 aliphatic heterocycles. The molecule has 5 nitrogen and oxygen atoms in total. The highest BCUT2D eigenvalue weighted by Gasteiger charge is 2.35. The molecular formula is C24H25F3N2O3. The number of ketones is 1. The molecule has 2 aliphatic rings. The van der Waals surface area contributed by atoms with Gasteiger partial charge in [-0.2, -0.15) is 13.2 Å². The zero-order valence-corrected chi connectivity index (χ0v) is 17.5. The Morgan fingerprint density at radius 3 is 2.28 bits per heavy atom. The van der Waals surface area contributed by atoms with Gasteiger partial charge in [-0.05, 0) is 30.0 Å². The molecule has 2 unspecified atom stereocenters. The number of hydrogen-bond donors (Lipinski definition) is 1. The van der Waals surface area contributed by atoms with E-state index in [9.17, 15) is 22.8 Å². The summed E-state index contributed by atoms with van der Waals surface area (Å²) in [7, 11) is 0. The number of hydrogen-bond acceptors (Lipinski definition) is 3. The highest BCUT2D eigenvalue weighted by atomic mass is 19.4. The van der Waals surface area contributed by atoms with Gasteiger partial charge in [0, 0.05) is 31.0 Å². The van der Waals surface area contributed by atoms with Crippen LogP contribution in [0.4, 0.5) is 18.0 Å². The molecule has 170 valence electrons. The van der Waals surface area contributed by atoms with Crippen LogP contribution in [0, 0.1) is 5.92 Å². The molecule has 4 rings (SSSR count). The molecule has 2 aromatic rings. The molecule has 32 heavy (non-hydrogen) atoms. The summed E-state index contributed by atoms with van der Waals surface area (Å²) in [6.07, 6.45) is -3.50. The maximum Gasteiger partial charge on any atom is 0.416 e. The normalized spacial score (nSPS) is 21.7. The van der Waals surface area contributed by atoms with Crippen LogP contribution in [0.2, 0.25) is 0 Å². The molecule has 2 aromatic carbocycles. The third kappa shape index (κ3) is 5.30. The zero-order chi connectivity index (χ0) is 22.7. The quantitative estimate of drug-likeness (QED) is 0.689. The number of ether oxygens (including phenoxy) is 1. The van der Waals surface area contributed by atoms with Crippen LogP contribution in [0.1, 0.15) is 40.2 Å². The van der Waals surface area contributed by atoms with Gasteiger partial charge in [0.05, 0.1) is 24.8 Å². The summed E-state index contributed by atoms with van der Waals surface area (Å²) in [5, 5.41) is 2.92. The Kier molecular flexibility index (Phi) is 6.50. The van der Waals surface area contributed by atoms with E-state index in [0.717, 1.165) is 17.7 Å². The van der Waals surface area contributed by atoms with E-state index in [2.05, 4.69) is 5.32 Å². The van der Waals surface area contributed by atoms with Crippen molar-refractivity contribution < 1.29 is 27.5 Å². The summed E-state index contributed by atoms with van der Waals surface area (Å²) in [4.78, 5) is 27.2. The first-order valence-corrected chi connectivity index (χ1v) is 10.7. The number of piperidine rings is 1. The van der Waals surface area contributed by atoms with E-state index < -0.39 is 11.7 Å². The number of halogens is 3. The topological polar surface area (TPSA) is 58.6 Å². The SMILES string of the molecule is O=C(CC1CC(c2ccc(C(F)(F)F)cc2)CN(C(=O)NC2COC2)C1)c1ccccc1. The number of likely N-dealkylation sites (tertiary alicyclic amines) is 1. The molecule has 1 N–H and O–H groups in total. The van der Waals surface area contributed by atoms with Gasteiger partial charge in [0.2, 0.25) is 0 Å². The van der Waals surface area contributed by atoms with Gasteiger partial charge in [0.1, 0.15) is 0 Å². The third-order valence-electron chi connectivity index (χ3n) is 6.07. The summed E-state index contributed by atoms with van der Waals surface area (Å²) in [5.41, 5.74) is 0.652. The van der Waals surface area contributed by atoms with E-state index in [1.807, 2.05) is 6.07 Å². The second-order valence-corrected chi connectivity index (χ2v) is 8.50. The number of carbonyl (C=O) groups is 2. The second kappa shape index (κ2) is 9.32. The summed E-state index contributed by atoms with van der Waals surface area (Å²) in [6, 6.07) is 13.8. The van der Waals surface area contributed by atoms with Gasteiger partial charge in [0.25, 0.3) is 0 Å². The Morgan fingerprint density at radius 2 is 1.69 bits per heavy atom. The number of rotatable bonds is 5. The highest BCUT2D eigenvalue weighted by molar-refractivity contribution is 5.96. The minimum Gasteiger partial charge on any atom is -0.377 e. The molecule has 2 atom stereocenters. The van der Waals surface area contributed by atoms with Crippen molar-refractivity contribution in [3.8, 4) is 0 Å². The average Bonchev–Trinajstić information content (AvgIpc) is 2.76. The van der Waals surface area contributed by atoms with Crippen LogP contribution in [0.5, 0.6) is 0 Å². The van der Waals surface area contributed by atoms with Crippen LogP contribution < -0.4 is 5.32 Å². The lowest BCUT2D eigenvalue weighted by Gasteiger charge is -2.39. The Morgan fingerprint density at radius 1 is 1.00 bits per heavy atom. The van der Waals surface area contributed by atoms with Gasteiger partial charge in [0.15, 0.2) is 5.78 Å². The first-order chi connectivity index (χ1) is 15.3. The molecule has 2 saturated heterocycles. The number of nitrogens with one attached hydrogen (secondary N) is 1. The number of alkyl halides is 3. The predicted molar refractivity (Wildman–Crippen MR) is 112 cm³/mol. The second-order valence-electron chi connectivity index (χ2n) is 8.50. The van der Waals surface area contributed by atoms with Crippen LogP contribution in [0.25, 0.3) is 0 Å². The molecule has 0 radical (unpaired) electrons. The molecule has 8 heteroatoms. The highest BCUT2D eigenvalue weighted by Crippen LogP contribution is 2.35. The van der Waals surface area contributed by atoms with Crippen LogP contribution in [0.3, 0.4) is 0 Å². The first-order valence-electron chi connectivity index (χ1n) is 10.7. The molecule has 2 fully saturated rings. The fourth-order valence-corrected chi connectivity index (χ4v) is 4.29. The Bertz CT molecular complexity index is 943. The molecule has 0 aliphatic carbocycles. The minimum atomic E-state index is -4.40. The lowest BCUT2D eigenvalue weighted by Crippen LogP contribution is -2.55. The maximum atomic E-state index is 12.9. The van der Waals surface area contributed by atoms with E-state index in [1.165, 1.54) is 12.1 Å². The van der Waals surface area contributed by atoms with E-state index in [-0.39, 0.29) is 36.1 Å². The van der Waals surface area contributed by atoms with Crippen molar-refractivity contribution in [2.24, 2.45) is 5.92 Å². The first kappa shape index (κ1) is 22.3. The van der Waals surface area contributed by atoms with E-state index >= 15 is 0 Å². The van der Waals surface area contributed by atoms with Gasteiger partial charge in [-0.3, -0.25) is 4.79 Å². The smallest absolute Gasteiger partial charge is 0.377 e. The Hall–Kier alpha value is -2.87. The Labute approximate surface area is 184 Å². The summed E-state index contributed by atoms with van der Waals surface area (Å²) < 4.78 is 43.9. The van der Waals surface area contributed by atoms with E-state index in [1.54, 1.807) is 29.2 Å². The van der Waals surface area contributed by atoms with Gasteiger partial charge >= 0.3 is 12.2 Å². The average molecular weight is 446 g/mol. The molecular weight excluding hydrogens is 421 g/mol. The molecule has 0 aromatic heterocycles. The lowest BCUT2D eigenvalue weighted by molar-refractivity contribution is -0.137. The summed E-state index contributed by atoms with van der Waals surface area (Å²) in [6.45, 7) is 1.76. The van der Waals surface area contributed by atoms with E-state index in [4.69, 9.17) is 4.74 Å². The summed E-state index contributed by atoms with van der Waals surface area (Å²) >= 11 is 0. The third-order valence-corrected chi connectivity index (χ3v) is 6.07. The number of urea groups is 1. The minimum absolute atomic E-state index is 0.00331. The van der Waals surface area contributed by atoms with Gasteiger partial charge in [-0.15, -0.1) is 0 Å². The van der Waals surface area contributed by atoms with Crippen molar-refractivity contribution in [3.63, 3.8) is 0 Å². The van der Waals surface area contributed by atoms with Crippen LogP contribution in [-0.2, 0) is 10.9 Å². The Balaban J connectivity index is 1.51. The van der Waals surface area contributed by atoms with Gasteiger partial charge in [-0.1, -0.05) is 42.5 Å². The summed E-state index contributed by atoms with van der Waals surface area (Å²) in [5.74, 6) is -0.244. The fourth-order valence-electron chi connectivity index (χ4n) is 4.29. The molecule has 0 spiro atoms. The number of benzene rings is 2. The molecule has 0 saturated carbocycles. The van der Waals surface area contributed by atoms with Crippen LogP contribution in [0.15, 0.2) is 54.6 Å². The number of carbonyl (C=O) groups excluding carboxylic acids is 2. The van der Waals surface area contributed by atoms with E-state index in [0.29, 0.717) is 38.3 Å². The molecule has 2 amide bonds. The number of amides is 2. The molecule has 2 heterocycles. The largest absolute Gasteiger partial charge is 0.416 e. The van der Waals surface area contributed by atoms with Crippen molar-refractivity contribution in [1.29, 1.82) is 0 Å². The van der Waals surface area contributed by atoms with Crippen LogP contribution >= 0.6 is 0 Å². The fraction of sp³-hybridized carbons (Fsp3) is 0.417. The number of Topliss-reactive ketones (excluding diaryl/α,β-unsaturated/α-hetero) is 1. The monoisotopic (exact) mass is 446 g/mol. The molecule has 0 bridgehead atoms.